The molecule has 0 atom stereocenters. The van der Waals surface area contributed by atoms with Gasteiger partial charge in [0.2, 0.25) is 0 Å². The van der Waals surface area contributed by atoms with E-state index in [1.807, 2.05) is 19.1 Å². The molecule has 0 spiro atoms. The molecular formula is C15H21N3O. The highest BCUT2D eigenvalue weighted by Gasteiger charge is 2.11. The molecule has 19 heavy (non-hydrogen) atoms. The van der Waals surface area contributed by atoms with E-state index in [2.05, 4.69) is 29.1 Å². The number of anilines is 1. The van der Waals surface area contributed by atoms with Crippen LogP contribution in [-0.4, -0.2) is 16.5 Å². The van der Waals surface area contributed by atoms with E-state index in [1.54, 1.807) is 6.26 Å². The highest BCUT2D eigenvalue weighted by molar-refractivity contribution is 5.55. The zero-order valence-corrected chi connectivity index (χ0v) is 11.9. The molecule has 2 aromatic rings. The summed E-state index contributed by atoms with van der Waals surface area (Å²) in [4.78, 5) is 9.13. The van der Waals surface area contributed by atoms with E-state index in [4.69, 9.17) is 4.42 Å². The van der Waals surface area contributed by atoms with Gasteiger partial charge in [-0.3, -0.25) is 0 Å². The minimum atomic E-state index is 0.673. The molecule has 0 saturated carbocycles. The molecule has 0 amide bonds. The third-order valence-electron chi connectivity index (χ3n) is 2.91. The lowest BCUT2D eigenvalue weighted by atomic mass is 10.2. The summed E-state index contributed by atoms with van der Waals surface area (Å²) >= 11 is 0. The zero-order valence-electron chi connectivity index (χ0n) is 11.9. The van der Waals surface area contributed by atoms with Gasteiger partial charge in [-0.1, -0.05) is 20.3 Å². The zero-order chi connectivity index (χ0) is 13.7. The second-order valence-electron chi connectivity index (χ2n) is 4.68. The summed E-state index contributed by atoms with van der Waals surface area (Å²) in [7, 11) is 0. The molecule has 0 aliphatic heterocycles. The molecule has 0 aromatic carbocycles. The van der Waals surface area contributed by atoms with Crippen molar-refractivity contribution in [3.05, 3.63) is 29.7 Å². The minimum absolute atomic E-state index is 0.673. The van der Waals surface area contributed by atoms with E-state index >= 15 is 0 Å². The van der Waals surface area contributed by atoms with Gasteiger partial charge in [0.05, 0.1) is 6.26 Å². The predicted molar refractivity (Wildman–Crippen MR) is 77.2 cm³/mol. The highest BCUT2D eigenvalue weighted by atomic mass is 16.3. The van der Waals surface area contributed by atoms with Gasteiger partial charge >= 0.3 is 0 Å². The maximum Gasteiger partial charge on any atom is 0.198 e. The van der Waals surface area contributed by atoms with E-state index < -0.39 is 0 Å². The molecule has 2 heterocycles. The Kier molecular flexibility index (Phi) is 4.55. The molecule has 0 aliphatic carbocycles. The van der Waals surface area contributed by atoms with Crippen LogP contribution >= 0.6 is 0 Å². The average Bonchev–Trinajstić information content (AvgIpc) is 2.83. The van der Waals surface area contributed by atoms with E-state index in [0.717, 1.165) is 48.6 Å². The fourth-order valence-electron chi connectivity index (χ4n) is 1.93. The van der Waals surface area contributed by atoms with Crippen LogP contribution in [0.15, 0.2) is 22.8 Å². The van der Waals surface area contributed by atoms with Gasteiger partial charge in [0.1, 0.15) is 5.82 Å². The topological polar surface area (TPSA) is 51.0 Å². The Morgan fingerprint density at radius 1 is 1.21 bits per heavy atom. The van der Waals surface area contributed by atoms with E-state index in [-0.39, 0.29) is 0 Å². The fourth-order valence-corrected chi connectivity index (χ4v) is 1.93. The van der Waals surface area contributed by atoms with Gasteiger partial charge in [-0.2, -0.15) is 0 Å². The normalized spacial score (nSPS) is 10.7. The summed E-state index contributed by atoms with van der Waals surface area (Å²) in [5.74, 6) is 2.32. The van der Waals surface area contributed by atoms with Crippen LogP contribution in [0.4, 0.5) is 5.82 Å². The molecule has 1 N–H and O–H groups in total. The SMILES string of the molecule is CCCNc1cc(CCC)nc(-c2occc2C)n1. The molecule has 0 fully saturated rings. The molecule has 2 rings (SSSR count). The molecule has 0 bridgehead atoms. The average molecular weight is 259 g/mol. The first-order chi connectivity index (χ1) is 9.24. The summed E-state index contributed by atoms with van der Waals surface area (Å²) in [6.07, 6.45) is 4.78. The van der Waals surface area contributed by atoms with Crippen molar-refractivity contribution in [2.75, 3.05) is 11.9 Å². The Hall–Kier alpha value is -1.84. The Morgan fingerprint density at radius 3 is 2.68 bits per heavy atom. The third-order valence-corrected chi connectivity index (χ3v) is 2.91. The number of nitrogens with zero attached hydrogens (tertiary/aromatic N) is 2. The van der Waals surface area contributed by atoms with Crippen molar-refractivity contribution < 1.29 is 4.42 Å². The number of nitrogens with one attached hydrogen (secondary N) is 1. The first-order valence-electron chi connectivity index (χ1n) is 6.90. The smallest absolute Gasteiger partial charge is 0.198 e. The first kappa shape index (κ1) is 13.6. The molecule has 0 saturated heterocycles. The Balaban J connectivity index is 2.36. The summed E-state index contributed by atoms with van der Waals surface area (Å²) in [6.45, 7) is 7.21. The largest absolute Gasteiger partial charge is 0.461 e. The number of aromatic nitrogens is 2. The first-order valence-corrected chi connectivity index (χ1v) is 6.90. The molecule has 0 unspecified atom stereocenters. The van der Waals surface area contributed by atoms with Crippen LogP contribution in [-0.2, 0) is 6.42 Å². The van der Waals surface area contributed by atoms with Crippen LogP contribution in [0, 0.1) is 6.92 Å². The number of aryl methyl sites for hydroxylation is 2. The van der Waals surface area contributed by atoms with Crippen molar-refractivity contribution in [1.29, 1.82) is 0 Å². The summed E-state index contributed by atoms with van der Waals surface area (Å²) in [5, 5.41) is 3.32. The third kappa shape index (κ3) is 3.34. The van der Waals surface area contributed by atoms with E-state index in [9.17, 15) is 0 Å². The van der Waals surface area contributed by atoms with Crippen molar-refractivity contribution in [3.63, 3.8) is 0 Å². The quantitative estimate of drug-likeness (QED) is 0.856. The molecule has 2 aromatic heterocycles. The number of hydrogen-bond acceptors (Lipinski definition) is 4. The lowest BCUT2D eigenvalue weighted by molar-refractivity contribution is 0.575. The van der Waals surface area contributed by atoms with Crippen LogP contribution in [0.3, 0.4) is 0 Å². The van der Waals surface area contributed by atoms with Crippen LogP contribution in [0.5, 0.6) is 0 Å². The molecule has 102 valence electrons. The van der Waals surface area contributed by atoms with Gasteiger partial charge in [-0.15, -0.1) is 0 Å². The number of furan rings is 1. The van der Waals surface area contributed by atoms with Crippen LogP contribution in [0.25, 0.3) is 11.6 Å². The minimum Gasteiger partial charge on any atom is -0.461 e. The maximum atomic E-state index is 5.49. The van der Waals surface area contributed by atoms with Gasteiger partial charge in [0.25, 0.3) is 0 Å². The molecule has 0 aliphatic rings. The standard InChI is InChI=1S/C15H21N3O/c1-4-6-12-10-13(16-8-5-2)18-15(17-12)14-11(3)7-9-19-14/h7,9-10H,4-6,8H2,1-3H3,(H,16,17,18). The van der Waals surface area contributed by atoms with Gasteiger partial charge in [-0.25, -0.2) is 9.97 Å². The van der Waals surface area contributed by atoms with Crippen molar-refractivity contribution in [2.24, 2.45) is 0 Å². The van der Waals surface area contributed by atoms with Crippen molar-refractivity contribution >= 4 is 5.82 Å². The summed E-state index contributed by atoms with van der Waals surface area (Å²) < 4.78 is 5.49. The highest BCUT2D eigenvalue weighted by Crippen LogP contribution is 2.23. The lowest BCUT2D eigenvalue weighted by Gasteiger charge is -2.08. The van der Waals surface area contributed by atoms with Gasteiger partial charge in [-0.05, 0) is 31.4 Å². The predicted octanol–water partition coefficient (Wildman–Crippen LogP) is 3.82. The maximum absolute atomic E-state index is 5.49. The monoisotopic (exact) mass is 259 g/mol. The Morgan fingerprint density at radius 2 is 2.05 bits per heavy atom. The second-order valence-corrected chi connectivity index (χ2v) is 4.68. The molecule has 4 heteroatoms. The van der Waals surface area contributed by atoms with Crippen molar-refractivity contribution in [3.8, 4) is 11.6 Å². The van der Waals surface area contributed by atoms with Crippen molar-refractivity contribution in [1.82, 2.24) is 9.97 Å². The fraction of sp³-hybridized carbons (Fsp3) is 0.467. The van der Waals surface area contributed by atoms with Crippen LogP contribution < -0.4 is 5.32 Å². The van der Waals surface area contributed by atoms with Crippen LogP contribution in [0.1, 0.15) is 37.9 Å². The molecular weight excluding hydrogens is 238 g/mol. The number of rotatable bonds is 6. The second kappa shape index (κ2) is 6.36. The summed E-state index contributed by atoms with van der Waals surface area (Å²) in [5.41, 5.74) is 2.12. The van der Waals surface area contributed by atoms with E-state index in [0.29, 0.717) is 5.82 Å². The van der Waals surface area contributed by atoms with Gasteiger partial charge < -0.3 is 9.73 Å². The van der Waals surface area contributed by atoms with Crippen molar-refractivity contribution in [2.45, 2.75) is 40.0 Å². The van der Waals surface area contributed by atoms with Crippen LogP contribution in [0.2, 0.25) is 0 Å². The number of hydrogen-bond donors (Lipinski definition) is 1. The summed E-state index contributed by atoms with van der Waals surface area (Å²) in [6, 6.07) is 3.96. The Labute approximate surface area is 114 Å². The lowest BCUT2D eigenvalue weighted by Crippen LogP contribution is -2.05. The molecule has 0 radical (unpaired) electrons. The Bertz CT molecular complexity index is 534. The van der Waals surface area contributed by atoms with Gasteiger partial charge in [0, 0.05) is 18.3 Å². The van der Waals surface area contributed by atoms with Gasteiger partial charge in [0.15, 0.2) is 11.6 Å². The molecule has 4 nitrogen and oxygen atoms in total. The van der Waals surface area contributed by atoms with E-state index in [1.165, 1.54) is 0 Å².